The minimum absolute atomic E-state index is 0.468. The summed E-state index contributed by atoms with van der Waals surface area (Å²) >= 11 is 0. The molecule has 0 aromatic carbocycles. The number of hydrogen-bond donors (Lipinski definition) is 0. The van der Waals surface area contributed by atoms with Crippen molar-refractivity contribution in [1.82, 2.24) is 4.90 Å². The maximum absolute atomic E-state index is 5.25. The molecule has 1 saturated heterocycles. The highest BCUT2D eigenvalue weighted by atomic mass is 16.5. The predicted octanol–water partition coefficient (Wildman–Crippen LogP) is 1.75. The molecule has 0 N–H and O–H groups in total. The summed E-state index contributed by atoms with van der Waals surface area (Å²) in [6.07, 6.45) is 1.66. The lowest BCUT2D eigenvalue weighted by Gasteiger charge is -2.18. The average molecular weight is 159 g/mol. The van der Waals surface area contributed by atoms with Gasteiger partial charge in [-0.2, -0.15) is 0 Å². The van der Waals surface area contributed by atoms with Crippen LogP contribution in [0.5, 0.6) is 0 Å². The summed E-state index contributed by atoms with van der Waals surface area (Å²) in [7, 11) is 3.93. The van der Waals surface area contributed by atoms with Gasteiger partial charge in [-0.05, 0) is 20.4 Å². The Morgan fingerprint density at radius 2 is 1.91 bits per heavy atom. The van der Waals surface area contributed by atoms with E-state index in [1.807, 2.05) is 13.8 Å². The van der Waals surface area contributed by atoms with E-state index >= 15 is 0 Å². The van der Waals surface area contributed by atoms with Crippen molar-refractivity contribution in [1.29, 1.82) is 0 Å². The molecule has 0 spiro atoms. The van der Waals surface area contributed by atoms with Crippen LogP contribution in [-0.4, -0.2) is 37.7 Å². The van der Waals surface area contributed by atoms with Crippen LogP contribution < -0.4 is 0 Å². The van der Waals surface area contributed by atoms with E-state index in [0.717, 1.165) is 0 Å². The Morgan fingerprint density at radius 3 is 2.09 bits per heavy atom. The van der Waals surface area contributed by atoms with Gasteiger partial charge in [0.15, 0.2) is 0 Å². The maximum Gasteiger partial charge on any atom is 0.0735 e. The fraction of sp³-hybridized carbons (Fsp3) is 1.00. The van der Waals surface area contributed by atoms with Crippen LogP contribution in [0.1, 0.15) is 27.2 Å². The molecule has 2 nitrogen and oxygen atoms in total. The molecule has 1 fully saturated rings. The molecule has 1 aliphatic heterocycles. The number of ether oxygens (including phenoxy) is 1. The third-order valence-electron chi connectivity index (χ3n) is 2.30. The predicted molar refractivity (Wildman–Crippen MR) is 48.9 cm³/mol. The molecule has 0 saturated carbocycles. The van der Waals surface area contributed by atoms with E-state index < -0.39 is 0 Å². The van der Waals surface area contributed by atoms with Gasteiger partial charge in [0.05, 0.1) is 6.10 Å². The van der Waals surface area contributed by atoms with Crippen LogP contribution in [0.3, 0.4) is 0 Å². The Hall–Kier alpha value is -0.0800. The summed E-state index contributed by atoms with van der Waals surface area (Å²) in [4.78, 5) is 2.33. The van der Waals surface area contributed by atoms with Crippen LogP contribution >= 0.6 is 0 Å². The van der Waals surface area contributed by atoms with Crippen LogP contribution in [0.15, 0.2) is 0 Å². The highest BCUT2D eigenvalue weighted by Crippen LogP contribution is 2.17. The molecule has 2 atom stereocenters. The summed E-state index contributed by atoms with van der Waals surface area (Å²) in [5.74, 6) is 0. The van der Waals surface area contributed by atoms with E-state index in [0.29, 0.717) is 12.1 Å². The summed E-state index contributed by atoms with van der Waals surface area (Å²) < 4.78 is 5.25. The van der Waals surface area contributed by atoms with Crippen molar-refractivity contribution in [3.63, 3.8) is 0 Å². The van der Waals surface area contributed by atoms with E-state index in [4.69, 9.17) is 4.74 Å². The van der Waals surface area contributed by atoms with Crippen molar-refractivity contribution in [2.24, 2.45) is 0 Å². The first-order valence-corrected chi connectivity index (χ1v) is 4.48. The second kappa shape index (κ2) is 5.56. The topological polar surface area (TPSA) is 12.5 Å². The minimum Gasteiger partial charge on any atom is -0.380 e. The van der Waals surface area contributed by atoms with Crippen molar-refractivity contribution in [3.05, 3.63) is 0 Å². The number of hydrogen-bond acceptors (Lipinski definition) is 2. The van der Waals surface area contributed by atoms with Gasteiger partial charge >= 0.3 is 0 Å². The maximum atomic E-state index is 5.25. The Morgan fingerprint density at radius 1 is 1.36 bits per heavy atom. The molecule has 1 heterocycles. The molecule has 1 aliphatic rings. The average Bonchev–Trinajstić information content (AvgIpc) is 2.37. The molecule has 0 aliphatic carbocycles. The van der Waals surface area contributed by atoms with Crippen LogP contribution in [0, 0.1) is 0 Å². The number of nitrogens with zero attached hydrogens (tertiary/aromatic N) is 1. The molecule has 0 aromatic rings. The number of likely N-dealkylation sites (tertiary alicyclic amines) is 1. The second-order valence-electron chi connectivity index (χ2n) is 2.78. The summed E-state index contributed by atoms with van der Waals surface area (Å²) in [6.45, 7) is 7.39. The smallest absolute Gasteiger partial charge is 0.0735 e. The van der Waals surface area contributed by atoms with Gasteiger partial charge in [-0.15, -0.1) is 0 Å². The van der Waals surface area contributed by atoms with Gasteiger partial charge < -0.3 is 9.64 Å². The first-order chi connectivity index (χ1) is 5.25. The molecule has 11 heavy (non-hydrogen) atoms. The van der Waals surface area contributed by atoms with Gasteiger partial charge in [-0.25, -0.2) is 0 Å². The Bertz CT molecular complexity index is 95.6. The van der Waals surface area contributed by atoms with E-state index in [-0.39, 0.29) is 0 Å². The van der Waals surface area contributed by atoms with E-state index in [1.165, 1.54) is 13.0 Å². The van der Waals surface area contributed by atoms with Crippen molar-refractivity contribution < 1.29 is 4.74 Å². The van der Waals surface area contributed by atoms with Crippen molar-refractivity contribution in [2.45, 2.75) is 39.3 Å². The number of rotatable bonds is 1. The zero-order chi connectivity index (χ0) is 8.85. The lowest BCUT2D eigenvalue weighted by molar-refractivity contribution is 0.0788. The fourth-order valence-corrected chi connectivity index (χ4v) is 1.37. The van der Waals surface area contributed by atoms with E-state index in [1.54, 1.807) is 7.11 Å². The standard InChI is InChI=1S/C7H15NO.C2H6/c1-6-7(9-3)4-5-8(6)2;1-2/h6-7H,4-5H2,1-3H3;1-2H3. The molecular formula is C9H21NO. The minimum atomic E-state index is 0.468. The van der Waals surface area contributed by atoms with Crippen molar-refractivity contribution in [3.8, 4) is 0 Å². The van der Waals surface area contributed by atoms with Gasteiger partial charge in [0.1, 0.15) is 0 Å². The molecule has 2 unspecified atom stereocenters. The third kappa shape index (κ3) is 2.80. The quantitative estimate of drug-likeness (QED) is 0.578. The molecule has 0 bridgehead atoms. The Labute approximate surface area is 70.5 Å². The number of methoxy groups -OCH3 is 1. The molecule has 68 valence electrons. The van der Waals surface area contributed by atoms with Gasteiger partial charge in [0.25, 0.3) is 0 Å². The van der Waals surface area contributed by atoms with E-state index in [9.17, 15) is 0 Å². The molecule has 2 heteroatoms. The first-order valence-electron chi connectivity index (χ1n) is 4.48. The highest BCUT2D eigenvalue weighted by Gasteiger charge is 2.27. The summed E-state index contributed by atoms with van der Waals surface area (Å²) in [5, 5.41) is 0. The fourth-order valence-electron chi connectivity index (χ4n) is 1.37. The zero-order valence-electron chi connectivity index (χ0n) is 8.42. The van der Waals surface area contributed by atoms with Crippen LogP contribution in [0.25, 0.3) is 0 Å². The second-order valence-corrected chi connectivity index (χ2v) is 2.78. The van der Waals surface area contributed by atoms with Crippen LogP contribution in [0.2, 0.25) is 0 Å². The van der Waals surface area contributed by atoms with E-state index in [2.05, 4.69) is 18.9 Å². The molecule has 0 amide bonds. The summed E-state index contributed by atoms with van der Waals surface area (Å²) in [5.41, 5.74) is 0. The monoisotopic (exact) mass is 159 g/mol. The van der Waals surface area contributed by atoms with Crippen LogP contribution in [0.4, 0.5) is 0 Å². The number of likely N-dealkylation sites (N-methyl/N-ethyl adjacent to an activating group) is 1. The highest BCUT2D eigenvalue weighted by molar-refractivity contribution is 4.81. The molecule has 0 aromatic heterocycles. The Kier molecular flexibility index (Phi) is 5.51. The SMILES string of the molecule is CC.COC1CCN(C)C1C. The first kappa shape index (κ1) is 10.9. The van der Waals surface area contributed by atoms with Gasteiger partial charge in [0, 0.05) is 19.7 Å². The molecule has 0 radical (unpaired) electrons. The zero-order valence-corrected chi connectivity index (χ0v) is 8.42. The van der Waals surface area contributed by atoms with Crippen molar-refractivity contribution in [2.75, 3.05) is 20.7 Å². The largest absolute Gasteiger partial charge is 0.380 e. The lowest BCUT2D eigenvalue weighted by Crippen LogP contribution is -2.29. The van der Waals surface area contributed by atoms with Crippen LogP contribution in [-0.2, 0) is 4.74 Å². The summed E-state index contributed by atoms with van der Waals surface area (Å²) in [6, 6.07) is 0.606. The Balaban J connectivity index is 0.000000461. The normalized spacial score (nSPS) is 31.4. The van der Waals surface area contributed by atoms with Gasteiger partial charge in [0.2, 0.25) is 0 Å². The lowest BCUT2D eigenvalue weighted by atomic mass is 10.2. The van der Waals surface area contributed by atoms with Gasteiger partial charge in [-0.3, -0.25) is 0 Å². The van der Waals surface area contributed by atoms with Gasteiger partial charge in [-0.1, -0.05) is 13.8 Å². The van der Waals surface area contributed by atoms with Crippen molar-refractivity contribution >= 4 is 0 Å². The third-order valence-corrected chi connectivity index (χ3v) is 2.30. The molecule has 1 rings (SSSR count). The molecular weight excluding hydrogens is 138 g/mol.